The Morgan fingerprint density at radius 2 is 1.91 bits per heavy atom. The Bertz CT molecular complexity index is 373. The number of amides is 1. The van der Waals surface area contributed by atoms with Crippen LogP contribution in [0, 0.1) is 5.92 Å². The lowest BCUT2D eigenvalue weighted by Gasteiger charge is -2.28. The van der Waals surface area contributed by atoms with E-state index in [0.29, 0.717) is 25.0 Å². The Morgan fingerprint density at radius 3 is 2.55 bits per heavy atom. The number of hydrogen-bond acceptors (Lipinski definition) is 4. The first-order valence-electron chi connectivity index (χ1n) is 8.70. The molecule has 0 aromatic carbocycles. The topological polar surface area (TPSA) is 70.6 Å². The molecule has 128 valence electrons. The Labute approximate surface area is 134 Å². The maximum absolute atomic E-state index is 11.7. The van der Waals surface area contributed by atoms with Crippen LogP contribution in [0.4, 0.5) is 4.79 Å². The molecule has 2 aliphatic rings. The van der Waals surface area contributed by atoms with Crippen LogP contribution in [0.2, 0.25) is 0 Å². The second-order valence-electron chi connectivity index (χ2n) is 7.99. The summed E-state index contributed by atoms with van der Waals surface area (Å²) >= 11 is 0. The molecule has 0 bridgehead atoms. The van der Waals surface area contributed by atoms with Gasteiger partial charge in [-0.1, -0.05) is 19.3 Å². The van der Waals surface area contributed by atoms with Gasteiger partial charge >= 0.3 is 6.09 Å². The van der Waals surface area contributed by atoms with E-state index in [1.807, 2.05) is 20.8 Å². The molecule has 3 N–H and O–H groups in total. The predicted octanol–water partition coefficient (Wildman–Crippen LogP) is 2.57. The highest BCUT2D eigenvalue weighted by molar-refractivity contribution is 5.67. The SMILES string of the molecule is CC(C)(C)OC(=O)NCC1CCCC1NCC1(O)CCCC1. The van der Waals surface area contributed by atoms with Crippen molar-refractivity contribution in [1.82, 2.24) is 10.6 Å². The number of carbonyl (C=O) groups excluding carboxylic acids is 1. The summed E-state index contributed by atoms with van der Waals surface area (Å²) in [5.41, 5.74) is -0.963. The van der Waals surface area contributed by atoms with E-state index in [-0.39, 0.29) is 6.09 Å². The molecule has 0 heterocycles. The highest BCUT2D eigenvalue weighted by Gasteiger charge is 2.34. The van der Waals surface area contributed by atoms with Crippen molar-refractivity contribution in [3.8, 4) is 0 Å². The van der Waals surface area contributed by atoms with Gasteiger partial charge in [0, 0.05) is 19.1 Å². The summed E-state index contributed by atoms with van der Waals surface area (Å²) in [6, 6.07) is 0.388. The second-order valence-corrected chi connectivity index (χ2v) is 7.99. The van der Waals surface area contributed by atoms with Gasteiger partial charge in [-0.3, -0.25) is 0 Å². The van der Waals surface area contributed by atoms with Crippen LogP contribution < -0.4 is 10.6 Å². The molecule has 22 heavy (non-hydrogen) atoms. The molecule has 2 saturated carbocycles. The average molecular weight is 312 g/mol. The zero-order valence-corrected chi connectivity index (χ0v) is 14.3. The van der Waals surface area contributed by atoms with E-state index in [1.165, 1.54) is 6.42 Å². The molecule has 0 aromatic heterocycles. The smallest absolute Gasteiger partial charge is 0.407 e. The Kier molecular flexibility index (Phi) is 5.72. The summed E-state index contributed by atoms with van der Waals surface area (Å²) in [6.07, 6.45) is 7.16. The van der Waals surface area contributed by atoms with Gasteiger partial charge in [0.1, 0.15) is 5.60 Å². The molecule has 5 nitrogen and oxygen atoms in total. The van der Waals surface area contributed by atoms with Gasteiger partial charge in [-0.2, -0.15) is 0 Å². The first-order chi connectivity index (χ1) is 10.3. The molecule has 0 saturated heterocycles. The number of rotatable bonds is 5. The zero-order chi connectivity index (χ0) is 16.2. The monoisotopic (exact) mass is 312 g/mol. The van der Waals surface area contributed by atoms with Gasteiger partial charge in [-0.25, -0.2) is 4.79 Å². The van der Waals surface area contributed by atoms with Gasteiger partial charge in [-0.05, 0) is 52.4 Å². The number of nitrogens with one attached hydrogen (secondary N) is 2. The van der Waals surface area contributed by atoms with E-state index >= 15 is 0 Å². The summed E-state index contributed by atoms with van der Waals surface area (Å²) in [5, 5.41) is 16.9. The number of carbonyl (C=O) groups is 1. The fourth-order valence-corrected chi connectivity index (χ4v) is 3.61. The van der Waals surface area contributed by atoms with Crippen molar-refractivity contribution in [2.24, 2.45) is 5.92 Å². The summed E-state index contributed by atoms with van der Waals surface area (Å²) < 4.78 is 5.28. The van der Waals surface area contributed by atoms with Gasteiger partial charge < -0.3 is 20.5 Å². The van der Waals surface area contributed by atoms with Crippen LogP contribution in [0.3, 0.4) is 0 Å². The fourth-order valence-electron chi connectivity index (χ4n) is 3.61. The Morgan fingerprint density at radius 1 is 1.23 bits per heavy atom. The number of alkyl carbamates (subject to hydrolysis) is 1. The van der Waals surface area contributed by atoms with Gasteiger partial charge in [-0.15, -0.1) is 0 Å². The first-order valence-corrected chi connectivity index (χ1v) is 8.70. The van der Waals surface area contributed by atoms with Crippen LogP contribution in [-0.4, -0.2) is 41.5 Å². The molecule has 2 rings (SSSR count). The lowest BCUT2D eigenvalue weighted by atomic mass is 9.99. The molecule has 2 fully saturated rings. The lowest BCUT2D eigenvalue weighted by molar-refractivity contribution is 0.0420. The molecular formula is C17H32N2O3. The van der Waals surface area contributed by atoms with Crippen LogP contribution in [0.15, 0.2) is 0 Å². The van der Waals surface area contributed by atoms with Crippen LogP contribution in [-0.2, 0) is 4.74 Å². The van der Waals surface area contributed by atoms with E-state index in [4.69, 9.17) is 4.74 Å². The summed E-state index contributed by atoms with van der Waals surface area (Å²) in [7, 11) is 0. The minimum Gasteiger partial charge on any atom is -0.444 e. The summed E-state index contributed by atoms with van der Waals surface area (Å²) in [5.74, 6) is 0.428. The number of ether oxygens (including phenoxy) is 1. The molecule has 0 radical (unpaired) electrons. The van der Waals surface area contributed by atoms with Gasteiger partial charge in [0.15, 0.2) is 0 Å². The third-order valence-corrected chi connectivity index (χ3v) is 4.79. The van der Waals surface area contributed by atoms with Crippen molar-refractivity contribution < 1.29 is 14.6 Å². The molecule has 2 aliphatic carbocycles. The number of aliphatic hydroxyl groups is 1. The van der Waals surface area contributed by atoms with E-state index in [1.54, 1.807) is 0 Å². The molecular weight excluding hydrogens is 280 g/mol. The van der Waals surface area contributed by atoms with Crippen LogP contribution >= 0.6 is 0 Å². The Balaban J connectivity index is 1.72. The largest absolute Gasteiger partial charge is 0.444 e. The van der Waals surface area contributed by atoms with Crippen molar-refractivity contribution in [1.29, 1.82) is 0 Å². The van der Waals surface area contributed by atoms with E-state index in [0.717, 1.165) is 38.5 Å². The molecule has 1 amide bonds. The third kappa shape index (κ3) is 5.43. The van der Waals surface area contributed by atoms with Crippen molar-refractivity contribution in [3.05, 3.63) is 0 Å². The van der Waals surface area contributed by atoms with Crippen molar-refractivity contribution in [2.75, 3.05) is 13.1 Å². The van der Waals surface area contributed by atoms with Crippen LogP contribution in [0.5, 0.6) is 0 Å². The quantitative estimate of drug-likeness (QED) is 0.730. The number of hydrogen-bond donors (Lipinski definition) is 3. The second kappa shape index (κ2) is 7.18. The molecule has 5 heteroatoms. The molecule has 2 unspecified atom stereocenters. The van der Waals surface area contributed by atoms with Crippen molar-refractivity contribution in [2.45, 2.75) is 83.0 Å². The lowest BCUT2D eigenvalue weighted by Crippen LogP contribution is -2.46. The van der Waals surface area contributed by atoms with Gasteiger partial charge in [0.05, 0.1) is 5.60 Å². The average Bonchev–Trinajstić information content (AvgIpc) is 3.01. The van der Waals surface area contributed by atoms with E-state index in [9.17, 15) is 9.90 Å². The predicted molar refractivity (Wildman–Crippen MR) is 86.8 cm³/mol. The maximum atomic E-state index is 11.7. The standard InChI is InChI=1S/C17H32N2O3/c1-16(2,3)22-15(20)18-11-13-7-6-8-14(13)19-12-17(21)9-4-5-10-17/h13-14,19,21H,4-12H2,1-3H3,(H,18,20). The van der Waals surface area contributed by atoms with Crippen molar-refractivity contribution in [3.63, 3.8) is 0 Å². The summed E-state index contributed by atoms with van der Waals surface area (Å²) in [6.45, 7) is 6.93. The minimum absolute atomic E-state index is 0.340. The molecule has 0 spiro atoms. The van der Waals surface area contributed by atoms with E-state index in [2.05, 4.69) is 10.6 Å². The Hall–Kier alpha value is -0.810. The highest BCUT2D eigenvalue weighted by Crippen LogP contribution is 2.30. The third-order valence-electron chi connectivity index (χ3n) is 4.79. The van der Waals surface area contributed by atoms with Crippen LogP contribution in [0.1, 0.15) is 65.7 Å². The van der Waals surface area contributed by atoms with E-state index < -0.39 is 11.2 Å². The highest BCUT2D eigenvalue weighted by atomic mass is 16.6. The van der Waals surface area contributed by atoms with Gasteiger partial charge in [0.2, 0.25) is 0 Å². The fraction of sp³-hybridized carbons (Fsp3) is 0.941. The van der Waals surface area contributed by atoms with Gasteiger partial charge in [0.25, 0.3) is 0 Å². The summed E-state index contributed by atoms with van der Waals surface area (Å²) in [4.78, 5) is 11.7. The molecule has 0 aromatic rings. The maximum Gasteiger partial charge on any atom is 0.407 e. The minimum atomic E-state index is -0.508. The first kappa shape index (κ1) is 17.5. The molecule has 2 atom stereocenters. The van der Waals surface area contributed by atoms with Crippen LogP contribution in [0.25, 0.3) is 0 Å². The molecule has 0 aliphatic heterocycles. The normalized spacial score (nSPS) is 27.8. The zero-order valence-electron chi connectivity index (χ0n) is 14.3. The van der Waals surface area contributed by atoms with Crippen molar-refractivity contribution >= 4 is 6.09 Å².